The van der Waals surface area contributed by atoms with E-state index in [4.69, 9.17) is 4.74 Å². The Bertz CT molecular complexity index is 1070. The van der Waals surface area contributed by atoms with Gasteiger partial charge in [0.25, 0.3) is 5.56 Å². The number of ether oxygens (including phenoxy) is 1. The number of hydrogen-bond donors (Lipinski definition) is 1. The summed E-state index contributed by atoms with van der Waals surface area (Å²) in [7, 11) is 1.61. The first kappa shape index (κ1) is 20.4. The smallest absolute Gasteiger partial charge is 0.263 e. The molecule has 2 heterocycles. The second kappa shape index (κ2) is 8.79. The molecule has 0 fully saturated rings. The van der Waals surface area contributed by atoms with Gasteiger partial charge in [-0.1, -0.05) is 23.9 Å². The predicted molar refractivity (Wildman–Crippen MR) is 115 cm³/mol. The van der Waals surface area contributed by atoms with Gasteiger partial charge >= 0.3 is 0 Å². The Morgan fingerprint density at radius 1 is 1.36 bits per heavy atom. The number of aromatic nitrogens is 2. The van der Waals surface area contributed by atoms with Crippen molar-refractivity contribution in [1.82, 2.24) is 14.9 Å². The average Bonchev–Trinajstić information content (AvgIpc) is 2.98. The highest BCUT2D eigenvalue weighted by molar-refractivity contribution is 7.99. The SMILES string of the molecule is CCn1c(SCC(=O)NCc2cccc(OC)c2)nc2sc(C)c(C)c2c1=O. The van der Waals surface area contributed by atoms with Crippen LogP contribution in [-0.2, 0) is 17.9 Å². The summed E-state index contributed by atoms with van der Waals surface area (Å²) < 4.78 is 6.83. The van der Waals surface area contributed by atoms with Crippen LogP contribution >= 0.6 is 23.1 Å². The molecule has 2 aromatic heterocycles. The molecule has 1 aromatic carbocycles. The topological polar surface area (TPSA) is 73.2 Å². The molecule has 1 amide bonds. The van der Waals surface area contributed by atoms with Gasteiger partial charge in [-0.05, 0) is 44.0 Å². The van der Waals surface area contributed by atoms with Crippen molar-refractivity contribution in [3.63, 3.8) is 0 Å². The quantitative estimate of drug-likeness (QED) is 0.470. The summed E-state index contributed by atoms with van der Waals surface area (Å²) in [6.07, 6.45) is 0. The molecular formula is C20H23N3O3S2. The zero-order chi connectivity index (χ0) is 20.3. The maximum Gasteiger partial charge on any atom is 0.263 e. The van der Waals surface area contributed by atoms with Crippen molar-refractivity contribution in [2.45, 2.75) is 39.0 Å². The Morgan fingerprint density at radius 2 is 2.14 bits per heavy atom. The van der Waals surface area contributed by atoms with Gasteiger partial charge in [-0.3, -0.25) is 14.2 Å². The van der Waals surface area contributed by atoms with Crippen molar-refractivity contribution in [2.75, 3.05) is 12.9 Å². The lowest BCUT2D eigenvalue weighted by atomic mass is 10.2. The molecule has 0 radical (unpaired) electrons. The van der Waals surface area contributed by atoms with Crippen LogP contribution in [-0.4, -0.2) is 28.3 Å². The Kier molecular flexibility index (Phi) is 6.41. The van der Waals surface area contributed by atoms with E-state index in [1.165, 1.54) is 23.1 Å². The minimum absolute atomic E-state index is 0.0337. The molecule has 0 bridgehead atoms. The van der Waals surface area contributed by atoms with Crippen LogP contribution in [0.5, 0.6) is 5.75 Å². The van der Waals surface area contributed by atoms with Crippen molar-refractivity contribution >= 4 is 39.2 Å². The van der Waals surface area contributed by atoms with Gasteiger partial charge < -0.3 is 10.1 Å². The monoisotopic (exact) mass is 417 g/mol. The lowest BCUT2D eigenvalue weighted by Gasteiger charge is -2.10. The lowest BCUT2D eigenvalue weighted by Crippen LogP contribution is -2.26. The average molecular weight is 418 g/mol. The van der Waals surface area contributed by atoms with Gasteiger partial charge in [-0.2, -0.15) is 0 Å². The number of carbonyl (C=O) groups excluding carboxylic acids is 1. The first-order valence-corrected chi connectivity index (χ1v) is 10.8. The number of nitrogens with one attached hydrogen (secondary N) is 1. The maximum atomic E-state index is 12.8. The van der Waals surface area contributed by atoms with E-state index in [2.05, 4.69) is 10.3 Å². The molecule has 6 nitrogen and oxygen atoms in total. The summed E-state index contributed by atoms with van der Waals surface area (Å²) in [6, 6.07) is 7.57. The first-order chi connectivity index (χ1) is 13.4. The number of aryl methyl sites for hydroxylation is 2. The molecule has 1 N–H and O–H groups in total. The molecule has 0 spiro atoms. The third-order valence-electron chi connectivity index (χ3n) is 4.53. The molecule has 3 rings (SSSR count). The van der Waals surface area contributed by atoms with E-state index >= 15 is 0 Å². The summed E-state index contributed by atoms with van der Waals surface area (Å²) >= 11 is 2.81. The first-order valence-electron chi connectivity index (χ1n) is 8.97. The Hall–Kier alpha value is -2.32. The molecule has 8 heteroatoms. The summed E-state index contributed by atoms with van der Waals surface area (Å²) in [5.74, 6) is 0.848. The zero-order valence-electron chi connectivity index (χ0n) is 16.4. The number of hydrogen-bond acceptors (Lipinski definition) is 6. The van der Waals surface area contributed by atoms with E-state index in [9.17, 15) is 9.59 Å². The number of nitrogens with zero attached hydrogens (tertiary/aromatic N) is 2. The molecule has 28 heavy (non-hydrogen) atoms. The van der Waals surface area contributed by atoms with Gasteiger partial charge in [0.15, 0.2) is 5.16 Å². The fourth-order valence-electron chi connectivity index (χ4n) is 2.86. The number of fused-ring (bicyclic) bond motifs is 1. The number of amides is 1. The largest absolute Gasteiger partial charge is 0.497 e. The van der Waals surface area contributed by atoms with Crippen molar-refractivity contribution in [3.8, 4) is 5.75 Å². The van der Waals surface area contributed by atoms with E-state index in [0.717, 1.165) is 26.6 Å². The van der Waals surface area contributed by atoms with Crippen LogP contribution in [0.15, 0.2) is 34.2 Å². The minimum atomic E-state index is -0.108. The molecule has 0 atom stereocenters. The molecule has 0 aliphatic rings. The molecule has 0 saturated carbocycles. The molecule has 0 aliphatic heterocycles. The van der Waals surface area contributed by atoms with E-state index in [1.54, 1.807) is 11.7 Å². The summed E-state index contributed by atoms with van der Waals surface area (Å²) in [5.41, 5.74) is 1.92. The van der Waals surface area contributed by atoms with E-state index in [-0.39, 0.29) is 17.2 Å². The van der Waals surface area contributed by atoms with E-state index < -0.39 is 0 Å². The van der Waals surface area contributed by atoms with Gasteiger partial charge in [-0.25, -0.2) is 4.98 Å². The Labute approximate surface area is 171 Å². The fourth-order valence-corrected chi connectivity index (χ4v) is 4.83. The second-order valence-electron chi connectivity index (χ2n) is 6.32. The normalized spacial score (nSPS) is 11.0. The van der Waals surface area contributed by atoms with Crippen LogP contribution < -0.4 is 15.6 Å². The minimum Gasteiger partial charge on any atom is -0.497 e. The van der Waals surface area contributed by atoms with Crippen LogP contribution in [0.4, 0.5) is 0 Å². The van der Waals surface area contributed by atoms with Gasteiger partial charge in [0.1, 0.15) is 10.6 Å². The highest BCUT2D eigenvalue weighted by atomic mass is 32.2. The van der Waals surface area contributed by atoms with E-state index in [1.807, 2.05) is 45.0 Å². The zero-order valence-corrected chi connectivity index (χ0v) is 18.0. The number of thiophene rings is 1. The van der Waals surface area contributed by atoms with Crippen LogP contribution in [0.1, 0.15) is 22.9 Å². The van der Waals surface area contributed by atoms with Crippen molar-refractivity contribution in [1.29, 1.82) is 0 Å². The van der Waals surface area contributed by atoms with Crippen LogP contribution in [0.3, 0.4) is 0 Å². The van der Waals surface area contributed by atoms with Gasteiger partial charge in [0, 0.05) is 18.0 Å². The summed E-state index contributed by atoms with van der Waals surface area (Å²) in [6.45, 7) is 6.81. The fraction of sp³-hybridized carbons (Fsp3) is 0.350. The molecular weight excluding hydrogens is 394 g/mol. The number of carbonyl (C=O) groups is 1. The maximum absolute atomic E-state index is 12.8. The van der Waals surface area contributed by atoms with Gasteiger partial charge in [-0.15, -0.1) is 11.3 Å². The van der Waals surface area contributed by atoms with E-state index in [0.29, 0.717) is 23.6 Å². The molecule has 0 unspecified atom stereocenters. The molecule has 0 saturated heterocycles. The second-order valence-corrected chi connectivity index (χ2v) is 8.47. The Morgan fingerprint density at radius 3 is 2.86 bits per heavy atom. The standard InChI is InChI=1S/C20H23N3O3S2/c1-5-23-19(25)17-12(2)13(3)28-18(17)22-20(23)27-11-16(24)21-10-14-7-6-8-15(9-14)26-4/h6-9H,5,10-11H2,1-4H3,(H,21,24). The van der Waals surface area contributed by atoms with Crippen LogP contribution in [0, 0.1) is 13.8 Å². The molecule has 0 aliphatic carbocycles. The highest BCUT2D eigenvalue weighted by Gasteiger charge is 2.16. The van der Waals surface area contributed by atoms with Gasteiger partial charge in [0.05, 0.1) is 18.2 Å². The van der Waals surface area contributed by atoms with Crippen LogP contribution in [0.2, 0.25) is 0 Å². The highest BCUT2D eigenvalue weighted by Crippen LogP contribution is 2.28. The summed E-state index contributed by atoms with van der Waals surface area (Å²) in [4.78, 5) is 31.6. The number of methoxy groups -OCH3 is 1. The number of benzene rings is 1. The van der Waals surface area contributed by atoms with Crippen molar-refractivity contribution in [2.24, 2.45) is 0 Å². The van der Waals surface area contributed by atoms with Crippen LogP contribution in [0.25, 0.3) is 10.2 Å². The Balaban J connectivity index is 1.70. The van der Waals surface area contributed by atoms with Gasteiger partial charge in [0.2, 0.25) is 5.91 Å². The molecule has 3 aromatic rings. The third kappa shape index (κ3) is 4.23. The summed E-state index contributed by atoms with van der Waals surface area (Å²) in [5, 5.41) is 4.17. The third-order valence-corrected chi connectivity index (χ3v) is 6.60. The molecule has 148 valence electrons. The lowest BCUT2D eigenvalue weighted by molar-refractivity contribution is -0.118. The predicted octanol–water partition coefficient (Wildman–Crippen LogP) is 3.51. The van der Waals surface area contributed by atoms with Crippen molar-refractivity contribution in [3.05, 3.63) is 50.6 Å². The van der Waals surface area contributed by atoms with Crippen molar-refractivity contribution < 1.29 is 9.53 Å². The number of rotatable bonds is 7. The number of thioether (sulfide) groups is 1.